The van der Waals surface area contributed by atoms with Crippen molar-refractivity contribution in [2.24, 2.45) is 11.7 Å². The van der Waals surface area contributed by atoms with Gasteiger partial charge in [-0.05, 0) is 18.4 Å². The maximum atomic E-state index is 12.4. The van der Waals surface area contributed by atoms with Gasteiger partial charge in [0.2, 0.25) is 0 Å². The van der Waals surface area contributed by atoms with Crippen LogP contribution in [0.15, 0.2) is 12.3 Å². The van der Waals surface area contributed by atoms with Crippen molar-refractivity contribution in [1.82, 2.24) is 9.97 Å². The summed E-state index contributed by atoms with van der Waals surface area (Å²) >= 11 is 0. The molecule has 0 spiro atoms. The molecule has 0 saturated carbocycles. The highest BCUT2D eigenvalue weighted by Crippen LogP contribution is 2.27. The minimum Gasteiger partial charge on any atom is -0.327 e. The summed E-state index contributed by atoms with van der Waals surface area (Å²) in [6.45, 7) is 4.01. The van der Waals surface area contributed by atoms with Crippen LogP contribution in [-0.4, -0.2) is 16.0 Å². The lowest BCUT2D eigenvalue weighted by atomic mass is 10.0. The van der Waals surface area contributed by atoms with Crippen LogP contribution >= 0.6 is 0 Å². The van der Waals surface area contributed by atoms with Gasteiger partial charge in [0.25, 0.3) is 0 Å². The van der Waals surface area contributed by atoms with Crippen molar-refractivity contribution in [3.8, 4) is 0 Å². The molecule has 0 aliphatic heterocycles. The molecule has 1 rings (SSSR count). The third-order valence-electron chi connectivity index (χ3n) is 2.21. The molecule has 0 radical (unpaired) electrons. The molecule has 3 nitrogen and oxygen atoms in total. The molecule has 1 aromatic heterocycles. The summed E-state index contributed by atoms with van der Waals surface area (Å²) in [6.07, 6.45) is -2.31. The van der Waals surface area contributed by atoms with Crippen molar-refractivity contribution in [2.45, 2.75) is 38.9 Å². The summed E-state index contributed by atoms with van der Waals surface area (Å²) < 4.78 is 37.2. The standard InChI is InChI=1S/C11H16F3N3/c1-7(2)5-8(15)6-10-16-4-3-9(17-10)11(12,13)14/h3-4,7-8H,5-6,15H2,1-2H3. The first-order valence-corrected chi connectivity index (χ1v) is 5.43. The molecule has 0 amide bonds. The van der Waals surface area contributed by atoms with Gasteiger partial charge in [0.05, 0.1) is 0 Å². The first-order valence-electron chi connectivity index (χ1n) is 5.43. The number of nitrogens with two attached hydrogens (primary N) is 1. The van der Waals surface area contributed by atoms with Crippen molar-refractivity contribution < 1.29 is 13.2 Å². The molecule has 1 heterocycles. The van der Waals surface area contributed by atoms with E-state index in [1.807, 2.05) is 13.8 Å². The number of alkyl halides is 3. The van der Waals surface area contributed by atoms with Gasteiger partial charge in [0, 0.05) is 18.7 Å². The van der Waals surface area contributed by atoms with Gasteiger partial charge in [-0.25, -0.2) is 9.97 Å². The highest BCUT2D eigenvalue weighted by atomic mass is 19.4. The van der Waals surface area contributed by atoms with Crippen LogP contribution in [0.1, 0.15) is 31.8 Å². The first kappa shape index (κ1) is 13.9. The monoisotopic (exact) mass is 247 g/mol. The molecule has 2 N–H and O–H groups in total. The van der Waals surface area contributed by atoms with Crippen LogP contribution in [0.4, 0.5) is 13.2 Å². The summed E-state index contributed by atoms with van der Waals surface area (Å²) in [5.74, 6) is 0.545. The van der Waals surface area contributed by atoms with Crippen LogP contribution in [0.5, 0.6) is 0 Å². The molecule has 0 bridgehead atoms. The smallest absolute Gasteiger partial charge is 0.327 e. The Kier molecular flexibility index (Phi) is 4.45. The Hall–Kier alpha value is -1.17. The number of aromatic nitrogens is 2. The van der Waals surface area contributed by atoms with Crippen molar-refractivity contribution >= 4 is 0 Å². The molecule has 1 unspecified atom stereocenters. The minimum atomic E-state index is -4.43. The predicted octanol–water partition coefficient (Wildman–Crippen LogP) is 2.41. The van der Waals surface area contributed by atoms with E-state index in [4.69, 9.17) is 5.73 Å². The molecule has 0 fully saturated rings. The average molecular weight is 247 g/mol. The zero-order valence-electron chi connectivity index (χ0n) is 9.83. The van der Waals surface area contributed by atoms with Crippen molar-refractivity contribution in [2.75, 3.05) is 0 Å². The lowest BCUT2D eigenvalue weighted by molar-refractivity contribution is -0.141. The lowest BCUT2D eigenvalue weighted by Crippen LogP contribution is -2.26. The number of rotatable bonds is 4. The Bertz CT molecular complexity index is 363. The molecule has 1 aromatic rings. The van der Waals surface area contributed by atoms with Gasteiger partial charge >= 0.3 is 6.18 Å². The number of hydrogen-bond acceptors (Lipinski definition) is 3. The molecule has 0 aromatic carbocycles. The summed E-state index contributed by atoms with van der Waals surface area (Å²) in [4.78, 5) is 7.28. The molecule has 0 aliphatic carbocycles. The Balaban J connectivity index is 2.72. The number of halogens is 3. The van der Waals surface area contributed by atoms with E-state index in [1.165, 1.54) is 0 Å². The number of nitrogens with zero attached hydrogens (tertiary/aromatic N) is 2. The van der Waals surface area contributed by atoms with Crippen LogP contribution in [0.25, 0.3) is 0 Å². The quantitative estimate of drug-likeness (QED) is 0.888. The Labute approximate surface area is 98.3 Å². The molecule has 0 saturated heterocycles. The first-order chi connectivity index (χ1) is 7.79. The van der Waals surface area contributed by atoms with Gasteiger partial charge in [0.15, 0.2) is 0 Å². The minimum absolute atomic E-state index is 0.146. The van der Waals surface area contributed by atoms with E-state index < -0.39 is 11.9 Å². The highest BCUT2D eigenvalue weighted by Gasteiger charge is 2.32. The van der Waals surface area contributed by atoms with Crippen molar-refractivity contribution in [3.63, 3.8) is 0 Å². The zero-order chi connectivity index (χ0) is 13.1. The summed E-state index contributed by atoms with van der Waals surface area (Å²) in [5, 5.41) is 0. The van der Waals surface area contributed by atoms with Gasteiger partial charge in [0.1, 0.15) is 11.5 Å². The Morgan fingerprint density at radius 1 is 1.35 bits per heavy atom. The SMILES string of the molecule is CC(C)CC(N)Cc1nccc(C(F)(F)F)n1. The molecule has 1 atom stereocenters. The average Bonchev–Trinajstić information content (AvgIpc) is 2.15. The van der Waals surface area contributed by atoms with Gasteiger partial charge in [-0.3, -0.25) is 0 Å². The molecule has 17 heavy (non-hydrogen) atoms. The largest absolute Gasteiger partial charge is 0.433 e. The Morgan fingerprint density at radius 3 is 2.53 bits per heavy atom. The normalized spacial score (nSPS) is 14.1. The van der Waals surface area contributed by atoms with Crippen LogP contribution in [0.2, 0.25) is 0 Å². The van der Waals surface area contributed by atoms with Crippen LogP contribution in [-0.2, 0) is 12.6 Å². The fraction of sp³-hybridized carbons (Fsp3) is 0.636. The molecule has 96 valence electrons. The van der Waals surface area contributed by atoms with E-state index in [9.17, 15) is 13.2 Å². The van der Waals surface area contributed by atoms with Crippen molar-refractivity contribution in [1.29, 1.82) is 0 Å². The fourth-order valence-corrected chi connectivity index (χ4v) is 1.58. The maximum Gasteiger partial charge on any atom is 0.433 e. The molecule has 0 aliphatic rings. The lowest BCUT2D eigenvalue weighted by Gasteiger charge is -2.13. The molecular weight excluding hydrogens is 231 g/mol. The fourth-order valence-electron chi connectivity index (χ4n) is 1.58. The van der Waals surface area contributed by atoms with E-state index in [0.29, 0.717) is 5.92 Å². The molecular formula is C11H16F3N3. The van der Waals surface area contributed by atoms with Crippen molar-refractivity contribution in [3.05, 3.63) is 23.8 Å². The third kappa shape index (κ3) is 4.68. The van der Waals surface area contributed by atoms with E-state index in [-0.39, 0.29) is 18.3 Å². The van der Waals surface area contributed by atoms with E-state index in [2.05, 4.69) is 9.97 Å². The van der Waals surface area contributed by atoms with Gasteiger partial charge in [-0.1, -0.05) is 13.8 Å². The van der Waals surface area contributed by atoms with E-state index in [0.717, 1.165) is 18.7 Å². The predicted molar refractivity (Wildman–Crippen MR) is 58.2 cm³/mol. The summed E-state index contributed by atoms with van der Waals surface area (Å²) in [6, 6.07) is 0.649. The van der Waals surface area contributed by atoms with E-state index in [1.54, 1.807) is 0 Å². The van der Waals surface area contributed by atoms with Gasteiger partial charge < -0.3 is 5.73 Å². The second kappa shape index (κ2) is 5.44. The van der Waals surface area contributed by atoms with Crippen LogP contribution in [0, 0.1) is 5.92 Å². The third-order valence-corrected chi connectivity index (χ3v) is 2.21. The summed E-state index contributed by atoms with van der Waals surface area (Å²) in [5.41, 5.74) is 4.89. The topological polar surface area (TPSA) is 51.8 Å². The maximum absolute atomic E-state index is 12.4. The summed E-state index contributed by atoms with van der Waals surface area (Å²) in [7, 11) is 0. The second-order valence-electron chi connectivity index (χ2n) is 4.45. The van der Waals surface area contributed by atoms with Gasteiger partial charge in [-0.2, -0.15) is 13.2 Å². The van der Waals surface area contributed by atoms with Crippen LogP contribution < -0.4 is 5.73 Å². The van der Waals surface area contributed by atoms with E-state index >= 15 is 0 Å². The highest BCUT2D eigenvalue weighted by molar-refractivity contribution is 5.06. The molecule has 6 heteroatoms. The van der Waals surface area contributed by atoms with Gasteiger partial charge in [-0.15, -0.1) is 0 Å². The second-order valence-corrected chi connectivity index (χ2v) is 4.45. The number of hydrogen-bond donors (Lipinski definition) is 1. The van der Waals surface area contributed by atoms with Crippen LogP contribution in [0.3, 0.4) is 0 Å². The Morgan fingerprint density at radius 2 is 2.00 bits per heavy atom. The zero-order valence-corrected chi connectivity index (χ0v) is 9.83.